The van der Waals surface area contributed by atoms with Crippen LogP contribution in [0.1, 0.15) is 0 Å². The van der Waals surface area contributed by atoms with E-state index in [2.05, 4.69) is 35.6 Å². The van der Waals surface area contributed by atoms with Crippen molar-refractivity contribution in [1.29, 1.82) is 0 Å². The van der Waals surface area contributed by atoms with Crippen LogP contribution in [0.2, 0.25) is 25.7 Å². The van der Waals surface area contributed by atoms with Gasteiger partial charge in [-0.05, 0) is 34.1 Å². The zero-order valence-electron chi connectivity index (χ0n) is 12.4. The maximum atomic E-state index is 11.9. The molecule has 1 rings (SSSR count). The van der Waals surface area contributed by atoms with Gasteiger partial charge in [-0.25, -0.2) is 12.7 Å². The van der Waals surface area contributed by atoms with Crippen molar-refractivity contribution in [3.63, 3.8) is 0 Å². The maximum Gasteiger partial charge on any atom is 0.234 e. The molecule has 114 valence electrons. The summed E-state index contributed by atoms with van der Waals surface area (Å²) in [5.74, 6) is 0. The highest BCUT2D eigenvalue weighted by Crippen LogP contribution is 2.27. The minimum Gasteiger partial charge on any atom is -0.360 e. The smallest absolute Gasteiger partial charge is 0.234 e. The summed E-state index contributed by atoms with van der Waals surface area (Å²) >= 11 is 3.38. The summed E-state index contributed by atoms with van der Waals surface area (Å²) in [7, 11) is -4.53. The number of hydrogen-bond acceptors (Lipinski definition) is 3. The van der Waals surface area contributed by atoms with Gasteiger partial charge in [0.1, 0.15) is 6.73 Å². The molecule has 20 heavy (non-hydrogen) atoms. The largest absolute Gasteiger partial charge is 0.360 e. The fourth-order valence-electron chi connectivity index (χ4n) is 1.52. The molecule has 0 unspecified atom stereocenters. The summed E-state index contributed by atoms with van der Waals surface area (Å²) in [6.07, 6.45) is 1.19. The van der Waals surface area contributed by atoms with Crippen molar-refractivity contribution in [3.8, 4) is 0 Å². The van der Waals surface area contributed by atoms with E-state index in [1.54, 1.807) is 12.1 Å². The minimum absolute atomic E-state index is 0.0475. The predicted octanol–water partition coefficient (Wildman–Crippen LogP) is 3.53. The standard InChI is InChI=1S/C13H22BrNO3SSi/c1-19(16,17)15(11-18-9-10-20(2,3)4)13-8-6-5-7-12(13)14/h5-8H,9-11H2,1-4H3. The first kappa shape index (κ1) is 17.7. The normalized spacial score (nSPS) is 12.4. The molecule has 1 aromatic rings. The van der Waals surface area contributed by atoms with Gasteiger partial charge in [-0.1, -0.05) is 31.8 Å². The van der Waals surface area contributed by atoms with Crippen LogP contribution in [0.4, 0.5) is 5.69 Å². The highest BCUT2D eigenvalue weighted by Gasteiger charge is 2.20. The monoisotopic (exact) mass is 379 g/mol. The molecule has 7 heteroatoms. The van der Waals surface area contributed by atoms with E-state index < -0.39 is 18.1 Å². The fraction of sp³-hybridized carbons (Fsp3) is 0.538. The average Bonchev–Trinajstić information content (AvgIpc) is 2.27. The molecule has 0 aromatic heterocycles. The molecule has 0 radical (unpaired) electrons. The first-order valence-corrected chi connectivity index (χ1v) is 12.8. The Kier molecular flexibility index (Phi) is 6.24. The topological polar surface area (TPSA) is 46.6 Å². The molecular weight excluding hydrogens is 358 g/mol. The molecule has 0 saturated heterocycles. The Morgan fingerprint density at radius 1 is 1.25 bits per heavy atom. The van der Waals surface area contributed by atoms with E-state index in [0.29, 0.717) is 12.3 Å². The van der Waals surface area contributed by atoms with Crippen LogP contribution in [0.25, 0.3) is 0 Å². The quantitative estimate of drug-likeness (QED) is 0.413. The van der Waals surface area contributed by atoms with Gasteiger partial charge < -0.3 is 4.74 Å². The van der Waals surface area contributed by atoms with Crippen LogP contribution in [0, 0.1) is 0 Å². The molecule has 0 atom stereocenters. The number of para-hydroxylation sites is 1. The second-order valence-electron chi connectivity index (χ2n) is 5.91. The Labute approximate surface area is 131 Å². The summed E-state index contributed by atoms with van der Waals surface area (Å²) in [5, 5.41) is 0. The molecular formula is C13H22BrNO3SSi. The number of benzene rings is 1. The van der Waals surface area contributed by atoms with Crippen LogP contribution in [-0.4, -0.2) is 36.1 Å². The van der Waals surface area contributed by atoms with Gasteiger partial charge in [-0.3, -0.25) is 0 Å². The van der Waals surface area contributed by atoms with E-state index in [0.717, 1.165) is 10.5 Å². The molecule has 0 spiro atoms. The third kappa shape index (κ3) is 5.95. The van der Waals surface area contributed by atoms with Crippen LogP contribution in [0.15, 0.2) is 28.7 Å². The summed E-state index contributed by atoms with van der Waals surface area (Å²) < 4.78 is 31.4. The van der Waals surface area contributed by atoms with Crippen molar-refractivity contribution >= 4 is 39.7 Å². The summed E-state index contributed by atoms with van der Waals surface area (Å²) in [6.45, 7) is 7.42. The molecule has 0 aliphatic carbocycles. The maximum absolute atomic E-state index is 11.9. The Morgan fingerprint density at radius 2 is 1.85 bits per heavy atom. The van der Waals surface area contributed by atoms with Crippen LogP contribution < -0.4 is 4.31 Å². The van der Waals surface area contributed by atoms with Crippen LogP contribution in [0.5, 0.6) is 0 Å². The molecule has 0 N–H and O–H groups in total. The lowest BCUT2D eigenvalue weighted by Crippen LogP contribution is -2.33. The van der Waals surface area contributed by atoms with Gasteiger partial charge in [0, 0.05) is 19.2 Å². The molecule has 0 bridgehead atoms. The highest BCUT2D eigenvalue weighted by atomic mass is 79.9. The molecule has 0 amide bonds. The average molecular weight is 380 g/mol. The minimum atomic E-state index is -3.37. The van der Waals surface area contributed by atoms with E-state index in [1.807, 2.05) is 12.1 Å². The number of rotatable bonds is 7. The van der Waals surface area contributed by atoms with Gasteiger partial charge in [0.25, 0.3) is 0 Å². The van der Waals surface area contributed by atoms with E-state index in [4.69, 9.17) is 4.74 Å². The van der Waals surface area contributed by atoms with E-state index in [1.165, 1.54) is 10.6 Å². The predicted molar refractivity (Wildman–Crippen MR) is 90.4 cm³/mol. The highest BCUT2D eigenvalue weighted by molar-refractivity contribution is 9.10. The van der Waals surface area contributed by atoms with Crippen molar-refractivity contribution in [1.82, 2.24) is 0 Å². The SMILES string of the molecule is C[Si](C)(C)CCOCN(c1ccccc1Br)S(C)(=O)=O. The lowest BCUT2D eigenvalue weighted by Gasteiger charge is -2.24. The Morgan fingerprint density at radius 3 is 2.35 bits per heavy atom. The number of sulfonamides is 1. The summed E-state index contributed by atoms with van der Waals surface area (Å²) in [4.78, 5) is 0. The molecule has 1 aromatic carbocycles. The van der Waals surface area contributed by atoms with Crippen molar-refractivity contribution in [2.45, 2.75) is 25.7 Å². The zero-order chi connectivity index (χ0) is 15.4. The van der Waals surface area contributed by atoms with Gasteiger partial charge in [-0.2, -0.15) is 0 Å². The van der Waals surface area contributed by atoms with E-state index >= 15 is 0 Å². The Hall–Kier alpha value is -0.373. The molecule has 4 nitrogen and oxygen atoms in total. The van der Waals surface area contributed by atoms with Gasteiger partial charge in [0.15, 0.2) is 0 Å². The molecule has 0 fully saturated rings. The summed E-state index contributed by atoms with van der Waals surface area (Å²) in [5.41, 5.74) is 0.600. The lowest BCUT2D eigenvalue weighted by atomic mass is 10.3. The molecule has 0 saturated carbocycles. The number of ether oxygens (including phenoxy) is 1. The van der Waals surface area contributed by atoms with Crippen LogP contribution in [-0.2, 0) is 14.8 Å². The van der Waals surface area contributed by atoms with E-state index in [9.17, 15) is 8.42 Å². The van der Waals surface area contributed by atoms with Gasteiger partial charge >= 0.3 is 0 Å². The summed E-state index contributed by atoms with van der Waals surface area (Å²) in [6, 6.07) is 8.24. The van der Waals surface area contributed by atoms with Gasteiger partial charge in [0.2, 0.25) is 10.0 Å². The fourth-order valence-corrected chi connectivity index (χ4v) is 3.68. The number of hydrogen-bond donors (Lipinski definition) is 0. The zero-order valence-corrected chi connectivity index (χ0v) is 15.8. The van der Waals surface area contributed by atoms with Gasteiger partial charge in [-0.15, -0.1) is 0 Å². The number of nitrogens with zero attached hydrogens (tertiary/aromatic N) is 1. The van der Waals surface area contributed by atoms with Crippen LogP contribution >= 0.6 is 15.9 Å². The van der Waals surface area contributed by atoms with Crippen molar-refractivity contribution in [2.75, 3.05) is 23.9 Å². The number of anilines is 1. The second-order valence-corrected chi connectivity index (χ2v) is 14.3. The first-order chi connectivity index (χ1) is 9.11. The van der Waals surface area contributed by atoms with E-state index in [-0.39, 0.29) is 6.73 Å². The Balaban J connectivity index is 2.76. The van der Waals surface area contributed by atoms with Gasteiger partial charge in [0.05, 0.1) is 11.9 Å². The van der Waals surface area contributed by atoms with Crippen LogP contribution in [0.3, 0.4) is 0 Å². The molecule has 0 heterocycles. The Bertz CT molecular complexity index is 543. The first-order valence-electron chi connectivity index (χ1n) is 6.41. The molecule has 0 aliphatic rings. The van der Waals surface area contributed by atoms with Crippen molar-refractivity contribution in [3.05, 3.63) is 28.7 Å². The third-order valence-electron chi connectivity index (χ3n) is 2.73. The van der Waals surface area contributed by atoms with Crippen molar-refractivity contribution in [2.24, 2.45) is 0 Å². The lowest BCUT2D eigenvalue weighted by molar-refractivity contribution is 0.156. The third-order valence-corrected chi connectivity index (χ3v) is 6.20. The van der Waals surface area contributed by atoms with Crippen molar-refractivity contribution < 1.29 is 13.2 Å². The molecule has 0 aliphatic heterocycles. The second kappa shape index (κ2) is 7.06. The number of halogens is 1.